The van der Waals surface area contributed by atoms with Gasteiger partial charge in [0.15, 0.2) is 0 Å². The second kappa shape index (κ2) is 24.1. The van der Waals surface area contributed by atoms with Crippen LogP contribution in [0.25, 0.3) is 11.1 Å². The molecule has 0 fully saturated rings. The Hall–Kier alpha value is -4.65. The Morgan fingerprint density at radius 2 is 1.46 bits per heavy atom. The highest BCUT2D eigenvalue weighted by Crippen LogP contribution is 2.28. The zero-order chi connectivity index (χ0) is 41.0. The van der Waals surface area contributed by atoms with Crippen molar-refractivity contribution in [3.05, 3.63) is 53.6 Å². The van der Waals surface area contributed by atoms with E-state index in [0.717, 1.165) is 16.7 Å². The number of likely N-dealkylation sites (N-methyl/N-ethyl adjacent to an activating group) is 5. The molecular weight excluding hydrogens is 720 g/mol. The Balaban J connectivity index is 1.74. The van der Waals surface area contributed by atoms with Crippen LogP contribution in [-0.4, -0.2) is 144 Å². The summed E-state index contributed by atoms with van der Waals surface area (Å²) in [6.07, 6.45) is 0.400. The molecule has 310 valence electrons. The summed E-state index contributed by atoms with van der Waals surface area (Å²) in [6, 6.07) is 8.66. The third-order valence-electron chi connectivity index (χ3n) is 9.79. The molecule has 2 aromatic rings. The van der Waals surface area contributed by atoms with E-state index in [1.807, 2.05) is 30.3 Å². The van der Waals surface area contributed by atoms with Gasteiger partial charge in [-0.2, -0.15) is 0 Å². The summed E-state index contributed by atoms with van der Waals surface area (Å²) in [6.45, 7) is 1.82. The second-order valence-corrected chi connectivity index (χ2v) is 14.0. The van der Waals surface area contributed by atoms with Crippen LogP contribution in [0.1, 0.15) is 36.8 Å². The lowest BCUT2D eigenvalue weighted by atomic mass is 9.96. The van der Waals surface area contributed by atoms with E-state index in [2.05, 4.69) is 53.2 Å². The van der Waals surface area contributed by atoms with Crippen molar-refractivity contribution in [2.75, 3.05) is 68.0 Å². The van der Waals surface area contributed by atoms with Crippen LogP contribution >= 0.6 is 0 Å². The molecule has 4 bridgehead atoms. The Morgan fingerprint density at radius 1 is 0.768 bits per heavy atom. The highest BCUT2D eigenvalue weighted by Gasteiger charge is 2.31. The van der Waals surface area contributed by atoms with Crippen molar-refractivity contribution >= 4 is 29.5 Å². The summed E-state index contributed by atoms with van der Waals surface area (Å²) in [5, 5.41) is 50.3. The lowest BCUT2D eigenvalue weighted by Gasteiger charge is -2.26. The normalized spacial score (nSPS) is 18.9. The third-order valence-corrected chi connectivity index (χ3v) is 9.79. The number of phenols is 1. The molecule has 0 radical (unpaired) electrons. The lowest BCUT2D eigenvalue weighted by Crippen LogP contribution is -2.57. The summed E-state index contributed by atoms with van der Waals surface area (Å²) >= 11 is 0. The number of carbonyl (C=O) groups is 5. The number of hydrogen-bond acceptors (Lipinski definition) is 12. The molecule has 5 amide bonds. The monoisotopic (exact) mass is 782 g/mol. The van der Waals surface area contributed by atoms with Crippen LogP contribution in [0.2, 0.25) is 0 Å². The van der Waals surface area contributed by atoms with Crippen LogP contribution in [0.4, 0.5) is 0 Å². The molecule has 0 spiro atoms. The number of fused-ring (bicyclic) bond motifs is 5. The molecule has 56 heavy (non-hydrogen) atoms. The number of aliphatic hydroxyl groups is 1. The maximum Gasteiger partial charge on any atom is 0.243 e. The molecule has 17 nitrogen and oxygen atoms in total. The van der Waals surface area contributed by atoms with E-state index in [1.54, 1.807) is 47.4 Å². The van der Waals surface area contributed by atoms with E-state index in [-0.39, 0.29) is 56.5 Å². The third kappa shape index (κ3) is 14.5. The minimum absolute atomic E-state index is 0.0271. The van der Waals surface area contributed by atoms with E-state index in [9.17, 15) is 34.2 Å². The zero-order valence-electron chi connectivity index (χ0n) is 33.2. The van der Waals surface area contributed by atoms with Gasteiger partial charge in [0.2, 0.25) is 29.5 Å². The lowest BCUT2D eigenvalue weighted by molar-refractivity contribution is -0.133. The van der Waals surface area contributed by atoms with E-state index < -0.39 is 54.0 Å². The summed E-state index contributed by atoms with van der Waals surface area (Å²) in [5.74, 6) is -1.95. The smallest absolute Gasteiger partial charge is 0.243 e. The van der Waals surface area contributed by atoms with Gasteiger partial charge in [0.1, 0.15) is 17.8 Å². The van der Waals surface area contributed by atoms with Gasteiger partial charge in [0.25, 0.3) is 0 Å². The van der Waals surface area contributed by atoms with Crippen molar-refractivity contribution < 1.29 is 34.2 Å². The minimum Gasteiger partial charge on any atom is -0.508 e. The van der Waals surface area contributed by atoms with Gasteiger partial charge in [0, 0.05) is 52.0 Å². The number of benzene rings is 2. The van der Waals surface area contributed by atoms with Crippen LogP contribution in [0.3, 0.4) is 0 Å². The highest BCUT2D eigenvalue weighted by atomic mass is 16.3. The van der Waals surface area contributed by atoms with E-state index in [0.29, 0.717) is 37.9 Å². The van der Waals surface area contributed by atoms with Crippen LogP contribution in [0, 0.1) is 0 Å². The molecule has 1 aliphatic heterocycles. The van der Waals surface area contributed by atoms with Crippen LogP contribution in [-0.2, 0) is 36.8 Å². The Morgan fingerprint density at radius 3 is 2.14 bits per heavy atom. The van der Waals surface area contributed by atoms with Gasteiger partial charge >= 0.3 is 0 Å². The average molecular weight is 783 g/mol. The van der Waals surface area contributed by atoms with Gasteiger partial charge < -0.3 is 63.4 Å². The molecule has 1 heterocycles. The number of amides is 5. The van der Waals surface area contributed by atoms with Gasteiger partial charge in [-0.3, -0.25) is 24.0 Å². The van der Waals surface area contributed by atoms with E-state index in [4.69, 9.17) is 0 Å². The summed E-state index contributed by atoms with van der Waals surface area (Å²) < 4.78 is 0. The Labute approximate surface area is 329 Å². The number of hydrogen-bond donors (Lipinski definition) is 12. The topological polar surface area (TPSA) is 246 Å². The molecule has 1 aliphatic rings. The van der Waals surface area contributed by atoms with E-state index in [1.165, 1.54) is 0 Å². The fraction of sp³-hybridized carbons (Fsp3) is 0.564. The summed E-state index contributed by atoms with van der Waals surface area (Å²) in [4.78, 5) is 66.6. The second-order valence-electron chi connectivity index (χ2n) is 14.0. The van der Waals surface area contributed by atoms with Crippen molar-refractivity contribution in [3.8, 4) is 16.9 Å². The van der Waals surface area contributed by atoms with Crippen LogP contribution in [0.5, 0.6) is 5.75 Å². The number of aliphatic hydroxyl groups excluding tert-OH is 1. The van der Waals surface area contributed by atoms with Crippen molar-refractivity contribution in [2.45, 2.75) is 74.8 Å². The number of rotatable bonds is 20. The van der Waals surface area contributed by atoms with Crippen molar-refractivity contribution in [1.82, 2.24) is 53.2 Å². The number of phenolic OH excluding ortho intramolecular Hbond substituents is 1. The molecular formula is C39H62N10O7. The standard InChI is InChI=1S/C39H62N10O7/c1-40-16-17-47-36(53)30(43-4)13-15-46-35(52)29(42-3)10-7-14-45-37(54)32-19-24-8-6-9-25(18-24)26-11-12-34(51)27(20-26)21-31(44-5)38(55)49-33(39(56)48-32)22-28(50)23-41-2/h6,8-9,11-12,18,20,28-33,40-44,50-51H,7,10,13-17,19,21-23H2,1-5H3,(H,45,54)(H,46,52)(H,47,53)(H,48,56)(H,49,55)/t28-,29?,30+,31+,32+,33+/m1/s1. The minimum atomic E-state index is -1.18. The predicted octanol–water partition coefficient (Wildman–Crippen LogP) is -2.40. The fourth-order valence-electron chi connectivity index (χ4n) is 6.52. The first kappa shape index (κ1) is 45.7. The van der Waals surface area contributed by atoms with Gasteiger partial charge in [-0.1, -0.05) is 30.3 Å². The largest absolute Gasteiger partial charge is 0.508 e. The highest BCUT2D eigenvalue weighted by molar-refractivity contribution is 5.93. The van der Waals surface area contributed by atoms with Crippen molar-refractivity contribution in [1.29, 1.82) is 0 Å². The molecule has 6 atom stereocenters. The molecule has 12 N–H and O–H groups in total. The van der Waals surface area contributed by atoms with Crippen LogP contribution < -0.4 is 53.2 Å². The Kier molecular flexibility index (Phi) is 19.7. The first-order chi connectivity index (χ1) is 26.9. The molecule has 0 aliphatic carbocycles. The Bertz CT molecular complexity index is 1590. The van der Waals surface area contributed by atoms with Gasteiger partial charge in [0.05, 0.1) is 24.2 Å². The SMILES string of the molecule is CNCCNC(=O)[C@H](CCNC(=O)C(CCCNC(=O)[C@@H]1Cc2cccc(c2)-c2ccc(O)c(c2)C[C@H](NC)C(=O)N[C@@H](C[C@@H](O)CNC)C(=O)N1)NC)NC. The maximum atomic E-state index is 13.9. The zero-order valence-corrected chi connectivity index (χ0v) is 33.2. The maximum absolute atomic E-state index is 13.9. The number of aromatic hydroxyl groups is 1. The molecule has 0 saturated carbocycles. The summed E-state index contributed by atoms with van der Waals surface area (Å²) in [5.41, 5.74) is 2.93. The number of nitrogens with one attached hydrogen (secondary N) is 10. The first-order valence-electron chi connectivity index (χ1n) is 19.3. The van der Waals surface area contributed by atoms with Gasteiger partial charge in [-0.05, 0) is 88.9 Å². The fourth-order valence-corrected chi connectivity index (χ4v) is 6.52. The van der Waals surface area contributed by atoms with E-state index >= 15 is 0 Å². The quantitative estimate of drug-likeness (QED) is 0.0630. The van der Waals surface area contributed by atoms with Gasteiger partial charge in [-0.15, -0.1) is 0 Å². The van der Waals surface area contributed by atoms with Crippen molar-refractivity contribution in [2.24, 2.45) is 0 Å². The molecule has 0 saturated heterocycles. The first-order valence-corrected chi connectivity index (χ1v) is 19.3. The molecule has 2 aromatic carbocycles. The van der Waals surface area contributed by atoms with Gasteiger partial charge in [-0.25, -0.2) is 0 Å². The molecule has 0 aromatic heterocycles. The molecule has 17 heteroatoms. The average Bonchev–Trinajstić information content (AvgIpc) is 3.18. The summed E-state index contributed by atoms with van der Waals surface area (Å²) in [7, 11) is 8.44. The molecule has 1 unspecified atom stereocenters. The van der Waals surface area contributed by atoms with Crippen LogP contribution in [0.15, 0.2) is 42.5 Å². The predicted molar refractivity (Wildman–Crippen MR) is 215 cm³/mol. The molecule has 3 rings (SSSR count). The van der Waals surface area contributed by atoms with Crippen molar-refractivity contribution in [3.63, 3.8) is 0 Å². The number of carbonyl (C=O) groups excluding carboxylic acids is 5.